The van der Waals surface area contributed by atoms with Gasteiger partial charge in [0.25, 0.3) is 0 Å². The Balaban J connectivity index is 2.14. The van der Waals surface area contributed by atoms with Crippen molar-refractivity contribution in [3.63, 3.8) is 0 Å². The standard InChI is InChI=1S/C12H25NO/c1-3-4-9-13(2)10-12(14)11-7-5-6-8-11/h11-12,14H,3-10H2,1-2H3. The molecule has 1 aliphatic carbocycles. The van der Waals surface area contributed by atoms with E-state index in [-0.39, 0.29) is 6.10 Å². The van der Waals surface area contributed by atoms with Gasteiger partial charge in [0.05, 0.1) is 6.10 Å². The second-order valence-corrected chi connectivity index (χ2v) is 4.73. The first-order valence-corrected chi connectivity index (χ1v) is 6.10. The minimum atomic E-state index is -0.0839. The largest absolute Gasteiger partial charge is 0.392 e. The van der Waals surface area contributed by atoms with E-state index in [9.17, 15) is 5.11 Å². The molecule has 1 rings (SSSR count). The highest BCUT2D eigenvalue weighted by molar-refractivity contribution is 4.76. The third kappa shape index (κ3) is 3.97. The van der Waals surface area contributed by atoms with Crippen LogP contribution in [0.3, 0.4) is 0 Å². The van der Waals surface area contributed by atoms with Crippen LogP contribution in [0.15, 0.2) is 0 Å². The minimum absolute atomic E-state index is 0.0839. The number of unbranched alkanes of at least 4 members (excludes halogenated alkanes) is 1. The molecule has 0 heterocycles. The van der Waals surface area contributed by atoms with E-state index in [0.29, 0.717) is 5.92 Å². The fraction of sp³-hybridized carbons (Fsp3) is 1.00. The van der Waals surface area contributed by atoms with Crippen LogP contribution in [0.1, 0.15) is 45.4 Å². The van der Waals surface area contributed by atoms with E-state index >= 15 is 0 Å². The molecule has 1 unspecified atom stereocenters. The van der Waals surface area contributed by atoms with Crippen LogP contribution in [0.2, 0.25) is 0 Å². The molecule has 2 nitrogen and oxygen atoms in total. The monoisotopic (exact) mass is 199 g/mol. The smallest absolute Gasteiger partial charge is 0.0695 e. The first-order valence-electron chi connectivity index (χ1n) is 6.10. The summed E-state index contributed by atoms with van der Waals surface area (Å²) in [6.45, 7) is 4.20. The lowest BCUT2D eigenvalue weighted by Crippen LogP contribution is -2.33. The number of likely N-dealkylation sites (N-methyl/N-ethyl adjacent to an activating group) is 1. The third-order valence-corrected chi connectivity index (χ3v) is 3.34. The molecule has 1 fully saturated rings. The Kier molecular flexibility index (Phi) is 5.49. The Hall–Kier alpha value is -0.0800. The average molecular weight is 199 g/mol. The Morgan fingerprint density at radius 3 is 2.57 bits per heavy atom. The van der Waals surface area contributed by atoms with Crippen molar-refractivity contribution >= 4 is 0 Å². The molecule has 1 atom stereocenters. The quantitative estimate of drug-likeness (QED) is 0.709. The summed E-state index contributed by atoms with van der Waals surface area (Å²) in [6, 6.07) is 0. The topological polar surface area (TPSA) is 23.5 Å². The van der Waals surface area contributed by atoms with Gasteiger partial charge in [-0.15, -0.1) is 0 Å². The van der Waals surface area contributed by atoms with Gasteiger partial charge >= 0.3 is 0 Å². The number of nitrogens with zero attached hydrogens (tertiary/aromatic N) is 1. The summed E-state index contributed by atoms with van der Waals surface area (Å²) in [5, 5.41) is 9.98. The normalized spacial score (nSPS) is 20.6. The molecule has 2 heteroatoms. The van der Waals surface area contributed by atoms with Crippen LogP contribution in [0, 0.1) is 5.92 Å². The number of hydrogen-bond donors (Lipinski definition) is 1. The van der Waals surface area contributed by atoms with Crippen LogP contribution in [0.5, 0.6) is 0 Å². The molecule has 0 bridgehead atoms. The molecule has 1 aliphatic rings. The van der Waals surface area contributed by atoms with E-state index in [1.807, 2.05) is 0 Å². The molecular formula is C12H25NO. The van der Waals surface area contributed by atoms with Crippen LogP contribution < -0.4 is 0 Å². The zero-order valence-corrected chi connectivity index (χ0v) is 9.71. The Labute approximate surface area is 88.3 Å². The fourth-order valence-corrected chi connectivity index (χ4v) is 2.33. The summed E-state index contributed by atoms with van der Waals surface area (Å²) >= 11 is 0. The number of aliphatic hydroxyl groups is 1. The van der Waals surface area contributed by atoms with Gasteiger partial charge in [0.15, 0.2) is 0 Å². The van der Waals surface area contributed by atoms with Gasteiger partial charge in [-0.3, -0.25) is 0 Å². The first-order chi connectivity index (χ1) is 6.74. The molecular weight excluding hydrogens is 174 g/mol. The lowest BCUT2D eigenvalue weighted by atomic mass is 10.0. The highest BCUT2D eigenvalue weighted by Crippen LogP contribution is 2.27. The van der Waals surface area contributed by atoms with E-state index in [0.717, 1.165) is 13.1 Å². The first kappa shape index (κ1) is 12.0. The van der Waals surface area contributed by atoms with Gasteiger partial charge in [-0.2, -0.15) is 0 Å². The van der Waals surface area contributed by atoms with Crippen molar-refractivity contribution in [1.82, 2.24) is 4.90 Å². The maximum Gasteiger partial charge on any atom is 0.0695 e. The summed E-state index contributed by atoms with van der Waals surface area (Å²) in [6.07, 6.45) is 7.52. The minimum Gasteiger partial charge on any atom is -0.392 e. The summed E-state index contributed by atoms with van der Waals surface area (Å²) in [5.74, 6) is 0.582. The van der Waals surface area contributed by atoms with Crippen molar-refractivity contribution < 1.29 is 5.11 Å². The fourth-order valence-electron chi connectivity index (χ4n) is 2.33. The molecule has 0 saturated heterocycles. The van der Waals surface area contributed by atoms with E-state index in [1.165, 1.54) is 38.5 Å². The average Bonchev–Trinajstić information content (AvgIpc) is 2.67. The zero-order valence-electron chi connectivity index (χ0n) is 9.71. The summed E-state index contributed by atoms with van der Waals surface area (Å²) in [5.41, 5.74) is 0. The number of rotatable bonds is 6. The van der Waals surface area contributed by atoms with Crippen LogP contribution in [0.25, 0.3) is 0 Å². The molecule has 0 aromatic carbocycles. The molecule has 0 radical (unpaired) electrons. The molecule has 0 aromatic rings. The Morgan fingerprint density at radius 1 is 1.36 bits per heavy atom. The van der Waals surface area contributed by atoms with Crippen LogP contribution in [-0.4, -0.2) is 36.2 Å². The van der Waals surface area contributed by atoms with E-state index in [1.54, 1.807) is 0 Å². The number of aliphatic hydroxyl groups excluding tert-OH is 1. The molecule has 14 heavy (non-hydrogen) atoms. The second-order valence-electron chi connectivity index (χ2n) is 4.73. The van der Waals surface area contributed by atoms with Crippen molar-refractivity contribution in [3.05, 3.63) is 0 Å². The summed E-state index contributed by atoms with van der Waals surface area (Å²) in [4.78, 5) is 2.27. The predicted molar refractivity (Wildman–Crippen MR) is 60.4 cm³/mol. The maximum absolute atomic E-state index is 9.98. The van der Waals surface area contributed by atoms with E-state index < -0.39 is 0 Å². The van der Waals surface area contributed by atoms with Crippen LogP contribution in [-0.2, 0) is 0 Å². The molecule has 1 saturated carbocycles. The molecule has 0 aromatic heterocycles. The van der Waals surface area contributed by atoms with Gasteiger partial charge in [-0.1, -0.05) is 26.2 Å². The second kappa shape index (κ2) is 6.41. The lowest BCUT2D eigenvalue weighted by molar-refractivity contribution is 0.0743. The predicted octanol–water partition coefficient (Wildman–Crippen LogP) is 2.27. The van der Waals surface area contributed by atoms with Gasteiger partial charge in [-0.05, 0) is 38.8 Å². The molecule has 0 amide bonds. The van der Waals surface area contributed by atoms with Crippen molar-refractivity contribution in [2.75, 3.05) is 20.1 Å². The van der Waals surface area contributed by atoms with Crippen molar-refractivity contribution in [1.29, 1.82) is 0 Å². The van der Waals surface area contributed by atoms with Crippen LogP contribution >= 0.6 is 0 Å². The van der Waals surface area contributed by atoms with Crippen molar-refractivity contribution in [3.8, 4) is 0 Å². The molecule has 0 spiro atoms. The summed E-state index contributed by atoms with van der Waals surface area (Å²) in [7, 11) is 2.12. The highest BCUT2D eigenvalue weighted by atomic mass is 16.3. The number of hydrogen-bond acceptors (Lipinski definition) is 2. The highest BCUT2D eigenvalue weighted by Gasteiger charge is 2.23. The van der Waals surface area contributed by atoms with Gasteiger partial charge < -0.3 is 10.0 Å². The van der Waals surface area contributed by atoms with Gasteiger partial charge in [0, 0.05) is 6.54 Å². The van der Waals surface area contributed by atoms with Gasteiger partial charge in [-0.25, -0.2) is 0 Å². The van der Waals surface area contributed by atoms with E-state index in [4.69, 9.17) is 0 Å². The molecule has 1 N–H and O–H groups in total. The van der Waals surface area contributed by atoms with Crippen LogP contribution in [0.4, 0.5) is 0 Å². The van der Waals surface area contributed by atoms with Crippen molar-refractivity contribution in [2.45, 2.75) is 51.6 Å². The third-order valence-electron chi connectivity index (χ3n) is 3.34. The maximum atomic E-state index is 9.98. The van der Waals surface area contributed by atoms with Gasteiger partial charge in [0.2, 0.25) is 0 Å². The van der Waals surface area contributed by atoms with Gasteiger partial charge in [0.1, 0.15) is 0 Å². The zero-order chi connectivity index (χ0) is 10.4. The van der Waals surface area contributed by atoms with Crippen molar-refractivity contribution in [2.24, 2.45) is 5.92 Å². The Morgan fingerprint density at radius 2 is 2.00 bits per heavy atom. The lowest BCUT2D eigenvalue weighted by Gasteiger charge is -2.24. The molecule has 0 aliphatic heterocycles. The van der Waals surface area contributed by atoms with E-state index in [2.05, 4.69) is 18.9 Å². The summed E-state index contributed by atoms with van der Waals surface area (Å²) < 4.78 is 0. The molecule has 84 valence electrons. The Bertz CT molecular complexity index is 143. The SMILES string of the molecule is CCCCN(C)CC(O)C1CCCC1.